The lowest BCUT2D eigenvalue weighted by Crippen LogP contribution is -2.47. The van der Waals surface area contributed by atoms with E-state index in [9.17, 15) is 0 Å². The van der Waals surface area contributed by atoms with Gasteiger partial charge in [-0.3, -0.25) is 9.88 Å². The summed E-state index contributed by atoms with van der Waals surface area (Å²) in [6, 6.07) is 12.2. The number of pyridine rings is 1. The third-order valence-corrected chi connectivity index (χ3v) is 4.13. The molecule has 1 aliphatic rings. The minimum absolute atomic E-state index is 0.358. The van der Waals surface area contributed by atoms with Gasteiger partial charge in [-0.1, -0.05) is 6.07 Å². The fourth-order valence-corrected chi connectivity index (χ4v) is 2.87. The lowest BCUT2D eigenvalue weighted by Gasteiger charge is -2.36. The lowest BCUT2D eigenvalue weighted by molar-refractivity contribution is 0.134. The highest BCUT2D eigenvalue weighted by molar-refractivity contribution is 5.31. The van der Waals surface area contributed by atoms with Crippen molar-refractivity contribution in [3.63, 3.8) is 0 Å². The number of ether oxygens (including phenoxy) is 2. The van der Waals surface area contributed by atoms with E-state index < -0.39 is 0 Å². The van der Waals surface area contributed by atoms with E-state index in [1.54, 1.807) is 7.11 Å². The smallest absolute Gasteiger partial charge is 0.119 e. The summed E-state index contributed by atoms with van der Waals surface area (Å²) < 4.78 is 11.0. The molecule has 0 aliphatic carbocycles. The molecule has 1 aromatic heterocycles. The monoisotopic (exact) mass is 313 g/mol. The van der Waals surface area contributed by atoms with Gasteiger partial charge in [-0.05, 0) is 35.9 Å². The molecule has 1 fully saturated rings. The molecule has 1 saturated heterocycles. The maximum Gasteiger partial charge on any atom is 0.119 e. The average Bonchev–Trinajstić information content (AvgIpc) is 2.63. The predicted octanol–water partition coefficient (Wildman–Crippen LogP) is 2.12. The third-order valence-electron chi connectivity index (χ3n) is 4.13. The van der Waals surface area contributed by atoms with Gasteiger partial charge in [0.25, 0.3) is 0 Å². The summed E-state index contributed by atoms with van der Waals surface area (Å²) in [6.45, 7) is 4.55. The molecule has 0 spiro atoms. The summed E-state index contributed by atoms with van der Waals surface area (Å²) in [5.41, 5.74) is 1.25. The van der Waals surface area contributed by atoms with E-state index in [0.29, 0.717) is 12.6 Å². The molecule has 1 aromatic carbocycles. The first-order valence-electron chi connectivity index (χ1n) is 7.98. The van der Waals surface area contributed by atoms with Crippen molar-refractivity contribution in [3.05, 3.63) is 54.4 Å². The number of nitrogens with one attached hydrogen (secondary N) is 1. The Hall–Kier alpha value is -2.11. The third kappa shape index (κ3) is 4.21. The molecular weight excluding hydrogens is 290 g/mol. The summed E-state index contributed by atoms with van der Waals surface area (Å²) in [5.74, 6) is 1.72. The van der Waals surface area contributed by atoms with Crippen LogP contribution in [0.15, 0.2) is 48.8 Å². The molecule has 0 bridgehead atoms. The van der Waals surface area contributed by atoms with Crippen molar-refractivity contribution in [1.82, 2.24) is 15.2 Å². The van der Waals surface area contributed by atoms with Gasteiger partial charge < -0.3 is 14.8 Å². The van der Waals surface area contributed by atoms with Crippen LogP contribution in [-0.2, 0) is 0 Å². The summed E-state index contributed by atoms with van der Waals surface area (Å²) in [7, 11) is 1.67. The van der Waals surface area contributed by atoms with Crippen LogP contribution in [0.4, 0.5) is 0 Å². The van der Waals surface area contributed by atoms with Crippen LogP contribution in [0, 0.1) is 0 Å². The molecule has 2 aromatic rings. The van der Waals surface area contributed by atoms with E-state index in [2.05, 4.69) is 21.3 Å². The predicted molar refractivity (Wildman–Crippen MR) is 89.9 cm³/mol. The van der Waals surface area contributed by atoms with Crippen LogP contribution in [0.1, 0.15) is 11.6 Å². The van der Waals surface area contributed by atoms with Gasteiger partial charge in [0.1, 0.15) is 18.1 Å². The molecule has 1 atom stereocenters. The lowest BCUT2D eigenvalue weighted by atomic mass is 10.1. The summed E-state index contributed by atoms with van der Waals surface area (Å²) in [4.78, 5) is 6.70. The minimum atomic E-state index is 0.358. The fraction of sp³-hybridized carbons (Fsp3) is 0.389. The Labute approximate surface area is 137 Å². The highest BCUT2D eigenvalue weighted by Gasteiger charge is 2.23. The molecule has 5 nitrogen and oxygen atoms in total. The molecule has 1 aliphatic heterocycles. The number of benzene rings is 1. The number of hydrogen-bond donors (Lipinski definition) is 1. The van der Waals surface area contributed by atoms with E-state index in [1.165, 1.54) is 5.56 Å². The van der Waals surface area contributed by atoms with Crippen LogP contribution in [0.25, 0.3) is 0 Å². The first-order valence-corrected chi connectivity index (χ1v) is 7.98. The SMILES string of the molecule is COc1ccc(OCCN2CCNCC2c2cccnc2)cc1. The second-order valence-electron chi connectivity index (χ2n) is 5.57. The number of hydrogen-bond acceptors (Lipinski definition) is 5. The summed E-state index contributed by atoms with van der Waals surface area (Å²) in [5, 5.41) is 3.46. The van der Waals surface area contributed by atoms with Gasteiger partial charge in [0, 0.05) is 44.6 Å². The van der Waals surface area contributed by atoms with Crippen molar-refractivity contribution in [2.75, 3.05) is 39.9 Å². The number of rotatable bonds is 6. The van der Waals surface area contributed by atoms with Gasteiger partial charge in [-0.2, -0.15) is 0 Å². The molecule has 5 heteroatoms. The standard InChI is InChI=1S/C18H23N3O2/c1-22-16-4-6-17(7-5-16)23-12-11-21-10-9-20-14-18(21)15-3-2-8-19-13-15/h2-8,13,18,20H,9-12,14H2,1H3. The molecule has 0 saturated carbocycles. The second kappa shape index (κ2) is 7.94. The molecule has 2 heterocycles. The average molecular weight is 313 g/mol. The Morgan fingerprint density at radius 1 is 1.22 bits per heavy atom. The maximum absolute atomic E-state index is 5.86. The first-order chi connectivity index (χ1) is 11.4. The fourth-order valence-electron chi connectivity index (χ4n) is 2.87. The van der Waals surface area contributed by atoms with Gasteiger partial charge in [0.05, 0.1) is 7.11 Å². The van der Waals surface area contributed by atoms with E-state index in [-0.39, 0.29) is 0 Å². The molecule has 0 radical (unpaired) electrons. The zero-order valence-electron chi connectivity index (χ0n) is 13.4. The van der Waals surface area contributed by atoms with Gasteiger partial charge in [-0.15, -0.1) is 0 Å². The molecule has 1 unspecified atom stereocenters. The van der Waals surface area contributed by atoms with E-state index in [0.717, 1.165) is 37.7 Å². The summed E-state index contributed by atoms with van der Waals surface area (Å²) >= 11 is 0. The van der Waals surface area contributed by atoms with Crippen LogP contribution in [0.2, 0.25) is 0 Å². The van der Waals surface area contributed by atoms with E-state index >= 15 is 0 Å². The molecule has 23 heavy (non-hydrogen) atoms. The zero-order valence-corrected chi connectivity index (χ0v) is 13.4. The van der Waals surface area contributed by atoms with Crippen molar-refractivity contribution in [3.8, 4) is 11.5 Å². The molecule has 1 N–H and O–H groups in total. The van der Waals surface area contributed by atoms with Gasteiger partial charge in [0.2, 0.25) is 0 Å². The first kappa shape index (κ1) is 15.8. The molecule has 122 valence electrons. The zero-order chi connectivity index (χ0) is 15.9. The Bertz CT molecular complexity index is 589. The van der Waals surface area contributed by atoms with E-state index in [4.69, 9.17) is 9.47 Å². The van der Waals surface area contributed by atoms with Gasteiger partial charge in [0.15, 0.2) is 0 Å². The van der Waals surface area contributed by atoms with Crippen molar-refractivity contribution in [1.29, 1.82) is 0 Å². The minimum Gasteiger partial charge on any atom is -0.497 e. The van der Waals surface area contributed by atoms with Gasteiger partial charge >= 0.3 is 0 Å². The van der Waals surface area contributed by atoms with Crippen molar-refractivity contribution in [2.45, 2.75) is 6.04 Å². The number of methoxy groups -OCH3 is 1. The van der Waals surface area contributed by atoms with Crippen LogP contribution in [-0.4, -0.2) is 49.8 Å². The quantitative estimate of drug-likeness (QED) is 0.885. The topological polar surface area (TPSA) is 46.6 Å². The van der Waals surface area contributed by atoms with Crippen molar-refractivity contribution >= 4 is 0 Å². The van der Waals surface area contributed by atoms with E-state index in [1.807, 2.05) is 42.7 Å². The Morgan fingerprint density at radius 2 is 2.04 bits per heavy atom. The molecule has 0 amide bonds. The van der Waals surface area contributed by atoms with Crippen molar-refractivity contribution in [2.24, 2.45) is 0 Å². The van der Waals surface area contributed by atoms with Crippen LogP contribution in [0.5, 0.6) is 11.5 Å². The maximum atomic E-state index is 5.86. The van der Waals surface area contributed by atoms with Crippen molar-refractivity contribution < 1.29 is 9.47 Å². The Balaban J connectivity index is 1.55. The van der Waals surface area contributed by atoms with Crippen LogP contribution in [0.3, 0.4) is 0 Å². The van der Waals surface area contributed by atoms with Gasteiger partial charge in [-0.25, -0.2) is 0 Å². The summed E-state index contributed by atoms with van der Waals surface area (Å²) in [6.07, 6.45) is 3.77. The number of nitrogens with zero attached hydrogens (tertiary/aromatic N) is 2. The van der Waals surface area contributed by atoms with Crippen LogP contribution >= 0.6 is 0 Å². The second-order valence-corrected chi connectivity index (χ2v) is 5.57. The normalized spacial score (nSPS) is 18.6. The molecular formula is C18H23N3O2. The number of piperazine rings is 1. The highest BCUT2D eigenvalue weighted by atomic mass is 16.5. The highest BCUT2D eigenvalue weighted by Crippen LogP contribution is 2.21. The van der Waals surface area contributed by atoms with Crippen LogP contribution < -0.4 is 14.8 Å². The Kier molecular flexibility index (Phi) is 5.45. The molecule has 3 rings (SSSR count). The number of aromatic nitrogens is 1. The largest absolute Gasteiger partial charge is 0.497 e. The Morgan fingerprint density at radius 3 is 2.78 bits per heavy atom.